The van der Waals surface area contributed by atoms with Gasteiger partial charge in [0.2, 0.25) is 5.34 Å². The first-order chi connectivity index (χ1) is 14.5. The van der Waals surface area contributed by atoms with Crippen molar-refractivity contribution in [3.8, 4) is 0 Å². The molecule has 0 aliphatic carbocycles. The number of nitrogens with zero attached hydrogens (tertiary/aromatic N) is 1. The van der Waals surface area contributed by atoms with Crippen LogP contribution in [0.15, 0.2) is 12.2 Å². The van der Waals surface area contributed by atoms with Crippen molar-refractivity contribution in [3.05, 3.63) is 12.2 Å². The largest absolute Gasteiger partial charge is 0.373 e. The quantitative estimate of drug-likeness (QED) is 0.0761. The molecule has 0 aromatic rings. The third kappa shape index (κ3) is 18.0. The molecule has 3 N–H and O–H groups in total. The van der Waals surface area contributed by atoms with E-state index in [0.29, 0.717) is 10.9 Å². The highest BCUT2D eigenvalue weighted by Crippen LogP contribution is 2.52. The maximum atomic E-state index is 11.8. The lowest BCUT2D eigenvalue weighted by molar-refractivity contribution is -0.875. The molecule has 0 saturated carbocycles. The van der Waals surface area contributed by atoms with Crippen molar-refractivity contribution >= 4 is 7.60 Å². The Labute approximate surface area is 193 Å². The van der Waals surface area contributed by atoms with Crippen LogP contribution < -0.4 is 0 Å². The van der Waals surface area contributed by atoms with E-state index in [1.165, 1.54) is 83.5 Å². The maximum Gasteiger partial charge on any atom is 0.362 e. The molecule has 6 heteroatoms. The van der Waals surface area contributed by atoms with Crippen molar-refractivity contribution in [1.29, 1.82) is 0 Å². The molecule has 31 heavy (non-hydrogen) atoms. The van der Waals surface area contributed by atoms with Gasteiger partial charge in [0.25, 0.3) is 0 Å². The van der Waals surface area contributed by atoms with Gasteiger partial charge in [0.15, 0.2) is 0 Å². The van der Waals surface area contributed by atoms with Crippen molar-refractivity contribution in [2.24, 2.45) is 0 Å². The topological polar surface area (TPSA) is 77.8 Å². The van der Waals surface area contributed by atoms with Crippen LogP contribution >= 0.6 is 7.60 Å². The molecule has 0 aromatic carbocycles. The van der Waals surface area contributed by atoms with Crippen LogP contribution in [0.25, 0.3) is 0 Å². The summed E-state index contributed by atoms with van der Waals surface area (Å²) in [4.78, 5) is 19.2. The number of aliphatic hydroxyl groups is 1. The molecule has 1 unspecified atom stereocenters. The van der Waals surface area contributed by atoms with Crippen LogP contribution in [0.3, 0.4) is 0 Å². The predicted octanol–water partition coefficient (Wildman–Crippen LogP) is 6.77. The van der Waals surface area contributed by atoms with E-state index in [1.54, 1.807) is 0 Å². The molecule has 0 fully saturated rings. The second kappa shape index (κ2) is 17.3. The van der Waals surface area contributed by atoms with Crippen LogP contribution in [0.1, 0.15) is 116 Å². The zero-order valence-corrected chi connectivity index (χ0v) is 21.9. The number of quaternary nitrogens is 1. The highest BCUT2D eigenvalue weighted by Gasteiger charge is 2.48. The minimum atomic E-state index is -4.54. The van der Waals surface area contributed by atoms with Gasteiger partial charge in [-0.3, -0.25) is 4.57 Å². The van der Waals surface area contributed by atoms with E-state index in [-0.39, 0.29) is 13.0 Å². The standard InChI is InChI=1S/C25H52NO4P/c1-5-6-7-8-9-10-11-12-13-14-15-16-17-18-19-20-21-22-23-25(27,31(28,29)30)24-26(2,3)4/h7-8,27H,5-6,9-24H2,1-4H3,(H-,28,29,30)/p+1/b8-7-. The SMILES string of the molecule is CCC/C=C\CCCCCCCCCCCCCCCC(O)(C[N+](C)(C)C)P(=O)(O)O. The predicted molar refractivity (Wildman–Crippen MR) is 133 cm³/mol. The summed E-state index contributed by atoms with van der Waals surface area (Å²) in [5.41, 5.74) is 0. The molecule has 0 heterocycles. The summed E-state index contributed by atoms with van der Waals surface area (Å²) in [5, 5.41) is 8.63. The Bertz CT molecular complexity index is 498. The molecule has 0 rings (SSSR count). The van der Waals surface area contributed by atoms with Gasteiger partial charge >= 0.3 is 7.60 Å². The summed E-state index contributed by atoms with van der Waals surface area (Å²) >= 11 is 0. The van der Waals surface area contributed by atoms with Gasteiger partial charge in [-0.1, -0.05) is 96.1 Å². The van der Waals surface area contributed by atoms with E-state index in [4.69, 9.17) is 0 Å². The normalized spacial score (nSPS) is 14.9. The maximum absolute atomic E-state index is 11.8. The number of likely N-dealkylation sites (N-methyl/N-ethyl adjacent to an activating group) is 1. The Morgan fingerprint density at radius 1 is 0.710 bits per heavy atom. The van der Waals surface area contributed by atoms with E-state index in [9.17, 15) is 19.5 Å². The minimum absolute atomic E-state index is 0.0628. The van der Waals surface area contributed by atoms with Crippen LogP contribution in [-0.4, -0.2) is 52.4 Å². The van der Waals surface area contributed by atoms with Gasteiger partial charge < -0.3 is 19.4 Å². The highest BCUT2D eigenvalue weighted by molar-refractivity contribution is 7.53. The number of hydrogen-bond donors (Lipinski definition) is 3. The van der Waals surface area contributed by atoms with Crippen molar-refractivity contribution in [3.63, 3.8) is 0 Å². The van der Waals surface area contributed by atoms with Crippen LogP contribution in [0, 0.1) is 0 Å². The molecule has 0 aliphatic rings. The van der Waals surface area contributed by atoms with Gasteiger partial charge in [-0.05, 0) is 32.1 Å². The van der Waals surface area contributed by atoms with E-state index in [2.05, 4.69) is 19.1 Å². The first-order valence-electron chi connectivity index (χ1n) is 12.8. The van der Waals surface area contributed by atoms with Crippen molar-refractivity contribution in [1.82, 2.24) is 0 Å². The fourth-order valence-corrected chi connectivity index (χ4v) is 5.15. The Morgan fingerprint density at radius 2 is 1.10 bits per heavy atom. The molecule has 1 atom stereocenters. The molecule has 186 valence electrons. The molecule has 0 spiro atoms. The van der Waals surface area contributed by atoms with E-state index >= 15 is 0 Å². The van der Waals surface area contributed by atoms with Gasteiger partial charge in [0, 0.05) is 0 Å². The lowest BCUT2D eigenvalue weighted by Gasteiger charge is -2.35. The number of unbranched alkanes of at least 4 members (excludes halogenated alkanes) is 14. The van der Waals surface area contributed by atoms with Gasteiger partial charge in [0.1, 0.15) is 6.54 Å². The zero-order chi connectivity index (χ0) is 23.6. The molecular weight excluding hydrogens is 409 g/mol. The van der Waals surface area contributed by atoms with E-state index < -0.39 is 12.9 Å². The lowest BCUT2D eigenvalue weighted by Crippen LogP contribution is -2.49. The Hall–Kier alpha value is -0.190. The molecule has 0 saturated heterocycles. The van der Waals surface area contributed by atoms with E-state index in [0.717, 1.165) is 12.8 Å². The van der Waals surface area contributed by atoms with Crippen LogP contribution in [0.2, 0.25) is 0 Å². The summed E-state index contributed by atoms with van der Waals surface area (Å²) in [7, 11) is 0.983. The smallest absolute Gasteiger partial charge is 0.362 e. The van der Waals surface area contributed by atoms with Crippen molar-refractivity contribution in [2.75, 3.05) is 27.7 Å². The van der Waals surface area contributed by atoms with Gasteiger partial charge in [0.05, 0.1) is 21.1 Å². The third-order valence-electron chi connectivity index (χ3n) is 5.84. The average molecular weight is 463 g/mol. The first kappa shape index (κ1) is 30.8. The molecule has 0 aromatic heterocycles. The van der Waals surface area contributed by atoms with Crippen molar-refractivity contribution in [2.45, 2.75) is 121 Å². The molecule has 0 radical (unpaired) electrons. The Morgan fingerprint density at radius 3 is 1.48 bits per heavy atom. The summed E-state index contributed by atoms with van der Waals surface area (Å²) in [6.45, 7) is 2.28. The van der Waals surface area contributed by atoms with Gasteiger partial charge in [-0.2, -0.15) is 0 Å². The summed E-state index contributed by atoms with van der Waals surface area (Å²) < 4.78 is 12.1. The fourth-order valence-electron chi connectivity index (χ4n) is 4.09. The van der Waals surface area contributed by atoms with Crippen LogP contribution in [-0.2, 0) is 4.57 Å². The number of hydrogen-bond acceptors (Lipinski definition) is 2. The van der Waals surface area contributed by atoms with Crippen molar-refractivity contribution < 1.29 is 23.9 Å². The first-order valence-corrected chi connectivity index (χ1v) is 14.4. The second-order valence-electron chi connectivity index (χ2n) is 10.4. The minimum Gasteiger partial charge on any atom is -0.373 e. The molecule has 5 nitrogen and oxygen atoms in total. The Balaban J connectivity index is 3.58. The zero-order valence-electron chi connectivity index (χ0n) is 21.0. The number of allylic oxidation sites excluding steroid dienone is 2. The summed E-state index contributed by atoms with van der Waals surface area (Å²) in [6.07, 6.45) is 24.4. The molecule has 0 bridgehead atoms. The van der Waals surface area contributed by atoms with E-state index in [1.807, 2.05) is 21.1 Å². The van der Waals surface area contributed by atoms with Crippen LogP contribution in [0.5, 0.6) is 0 Å². The molecular formula is C25H53NO4P+. The highest BCUT2D eigenvalue weighted by atomic mass is 31.2. The Kier molecular flexibility index (Phi) is 17.2. The lowest BCUT2D eigenvalue weighted by atomic mass is 10.0. The fraction of sp³-hybridized carbons (Fsp3) is 0.920. The van der Waals surface area contributed by atoms with Gasteiger partial charge in [-0.25, -0.2) is 0 Å². The average Bonchev–Trinajstić information content (AvgIpc) is 2.65. The van der Waals surface area contributed by atoms with Gasteiger partial charge in [-0.15, -0.1) is 0 Å². The molecule has 0 amide bonds. The number of rotatable bonds is 21. The summed E-state index contributed by atoms with van der Waals surface area (Å²) in [6, 6.07) is 0. The third-order valence-corrected chi connectivity index (χ3v) is 7.29. The molecule has 0 aliphatic heterocycles. The second-order valence-corrected chi connectivity index (χ2v) is 12.3. The summed E-state index contributed by atoms with van der Waals surface area (Å²) in [5.74, 6) is 0. The monoisotopic (exact) mass is 462 g/mol. The van der Waals surface area contributed by atoms with Crippen LogP contribution in [0.4, 0.5) is 0 Å².